The molecule has 2 rings (SSSR count). The van der Waals surface area contributed by atoms with E-state index in [1.54, 1.807) is 36.4 Å². The molecule has 0 aliphatic rings. The second-order valence-corrected chi connectivity index (χ2v) is 6.29. The minimum atomic E-state index is -0.321. The van der Waals surface area contributed by atoms with Crippen molar-refractivity contribution in [2.75, 3.05) is 13.7 Å². The first kappa shape index (κ1) is 19.0. The second-order valence-electron chi connectivity index (χ2n) is 5.13. The smallest absolute Gasteiger partial charge is 0.271 e. The van der Waals surface area contributed by atoms with Crippen LogP contribution in [0.2, 0.25) is 0 Å². The van der Waals surface area contributed by atoms with Gasteiger partial charge < -0.3 is 14.6 Å². The average Bonchev–Trinajstić information content (AvgIpc) is 2.63. The molecule has 0 heterocycles. The van der Waals surface area contributed by atoms with Gasteiger partial charge in [-0.05, 0) is 71.0 Å². The minimum Gasteiger partial charge on any atom is -0.504 e. The summed E-state index contributed by atoms with van der Waals surface area (Å²) in [4.78, 5) is 12.1. The summed E-state index contributed by atoms with van der Waals surface area (Å²) in [6, 6.07) is 10.2. The Morgan fingerprint density at radius 2 is 2.04 bits per heavy atom. The number of halogens is 1. The van der Waals surface area contributed by atoms with E-state index in [9.17, 15) is 9.90 Å². The fraction of sp³-hybridized carbons (Fsp3) is 0.222. The van der Waals surface area contributed by atoms with Crippen LogP contribution in [0.5, 0.6) is 17.2 Å². The molecule has 1 amide bonds. The van der Waals surface area contributed by atoms with Gasteiger partial charge in [0, 0.05) is 5.56 Å². The largest absolute Gasteiger partial charge is 0.504 e. The molecule has 2 aromatic rings. The number of carbonyl (C=O) groups is 1. The summed E-state index contributed by atoms with van der Waals surface area (Å²) in [7, 11) is 1.47. The quantitative estimate of drug-likeness (QED) is 0.381. The van der Waals surface area contributed by atoms with E-state index >= 15 is 0 Å². The average molecular weight is 454 g/mol. The van der Waals surface area contributed by atoms with Crippen LogP contribution in [0.1, 0.15) is 29.3 Å². The summed E-state index contributed by atoms with van der Waals surface area (Å²) in [5.74, 6) is 0.836. The van der Waals surface area contributed by atoms with E-state index in [-0.39, 0.29) is 11.7 Å². The van der Waals surface area contributed by atoms with Crippen molar-refractivity contribution in [1.82, 2.24) is 5.43 Å². The molecular formula is C18H19IN2O4. The minimum absolute atomic E-state index is 0.0784. The first-order valence-corrected chi connectivity index (χ1v) is 8.75. The van der Waals surface area contributed by atoms with Gasteiger partial charge in [-0.2, -0.15) is 5.10 Å². The maximum Gasteiger partial charge on any atom is 0.271 e. The molecule has 2 N–H and O–H groups in total. The number of phenolic OH excluding ortho intramolecular Hbond substituents is 1. The molecule has 0 saturated carbocycles. The number of hydrogen-bond donors (Lipinski definition) is 2. The topological polar surface area (TPSA) is 80.2 Å². The molecule has 0 aliphatic heterocycles. The van der Waals surface area contributed by atoms with Gasteiger partial charge in [-0.15, -0.1) is 0 Å². The molecule has 0 bridgehead atoms. The lowest BCUT2D eigenvalue weighted by molar-refractivity contribution is 0.0955. The summed E-state index contributed by atoms with van der Waals surface area (Å²) in [5.41, 5.74) is 3.65. The van der Waals surface area contributed by atoms with Gasteiger partial charge in [0.1, 0.15) is 5.75 Å². The number of carbonyl (C=O) groups excluding carboxylic acids is 1. The van der Waals surface area contributed by atoms with Crippen LogP contribution in [0.15, 0.2) is 41.5 Å². The van der Waals surface area contributed by atoms with E-state index in [0.29, 0.717) is 27.1 Å². The van der Waals surface area contributed by atoms with E-state index in [1.807, 2.05) is 29.5 Å². The van der Waals surface area contributed by atoms with Crippen LogP contribution in [0.25, 0.3) is 0 Å². The van der Waals surface area contributed by atoms with Gasteiger partial charge in [0.25, 0.3) is 5.91 Å². The molecule has 0 fully saturated rings. The molecule has 0 atom stereocenters. The number of aromatic hydroxyl groups is 1. The predicted molar refractivity (Wildman–Crippen MR) is 105 cm³/mol. The molecule has 0 aliphatic carbocycles. The van der Waals surface area contributed by atoms with Crippen molar-refractivity contribution < 1.29 is 19.4 Å². The van der Waals surface area contributed by atoms with Gasteiger partial charge in [-0.25, -0.2) is 5.43 Å². The number of nitrogens with zero attached hydrogens (tertiary/aromatic N) is 1. The van der Waals surface area contributed by atoms with Gasteiger partial charge in [0.2, 0.25) is 0 Å². The molecule has 0 radical (unpaired) electrons. The Morgan fingerprint density at radius 1 is 1.32 bits per heavy atom. The number of amides is 1. The van der Waals surface area contributed by atoms with Crippen LogP contribution in [0.4, 0.5) is 0 Å². The van der Waals surface area contributed by atoms with Gasteiger partial charge >= 0.3 is 0 Å². The zero-order chi connectivity index (χ0) is 18.2. The zero-order valence-electron chi connectivity index (χ0n) is 14.0. The molecular weight excluding hydrogens is 435 g/mol. The van der Waals surface area contributed by atoms with E-state index in [0.717, 1.165) is 12.2 Å². The third kappa shape index (κ3) is 5.35. The third-order valence-corrected chi connectivity index (χ3v) is 4.06. The number of hydrogen-bond acceptors (Lipinski definition) is 5. The molecule has 0 spiro atoms. The molecule has 132 valence electrons. The van der Waals surface area contributed by atoms with Crippen LogP contribution >= 0.6 is 22.6 Å². The van der Waals surface area contributed by atoms with Crippen LogP contribution < -0.4 is 14.9 Å². The van der Waals surface area contributed by atoms with Crippen molar-refractivity contribution in [1.29, 1.82) is 0 Å². The third-order valence-electron chi connectivity index (χ3n) is 3.24. The summed E-state index contributed by atoms with van der Waals surface area (Å²) < 4.78 is 11.2. The Labute approximate surface area is 160 Å². The Balaban J connectivity index is 1.99. The predicted octanol–water partition coefficient (Wildman–Crippen LogP) is 3.56. The number of nitrogens with one attached hydrogen (secondary N) is 1. The van der Waals surface area contributed by atoms with Crippen LogP contribution in [-0.2, 0) is 0 Å². The van der Waals surface area contributed by atoms with Crippen molar-refractivity contribution in [3.63, 3.8) is 0 Å². The second kappa shape index (κ2) is 9.26. The van der Waals surface area contributed by atoms with Crippen molar-refractivity contribution in [2.24, 2.45) is 5.10 Å². The van der Waals surface area contributed by atoms with Crippen molar-refractivity contribution >= 4 is 34.7 Å². The lowest BCUT2D eigenvalue weighted by Gasteiger charge is -2.06. The maximum atomic E-state index is 12.1. The van der Waals surface area contributed by atoms with Gasteiger partial charge in [-0.3, -0.25) is 4.79 Å². The SMILES string of the molecule is CCCOc1ccc(C(=O)N/N=C/c2cc(I)c(O)c(OC)c2)cc1. The van der Waals surface area contributed by atoms with Crippen molar-refractivity contribution in [3.8, 4) is 17.2 Å². The lowest BCUT2D eigenvalue weighted by Crippen LogP contribution is -2.17. The fourth-order valence-electron chi connectivity index (χ4n) is 1.98. The Bertz CT molecular complexity index is 760. The molecule has 6 nitrogen and oxygen atoms in total. The monoisotopic (exact) mass is 454 g/mol. The number of benzene rings is 2. The number of rotatable bonds is 7. The van der Waals surface area contributed by atoms with Gasteiger partial charge in [0.15, 0.2) is 11.5 Å². The summed E-state index contributed by atoms with van der Waals surface area (Å²) in [6.45, 7) is 2.68. The Kier molecular flexibility index (Phi) is 7.05. The molecule has 0 saturated heterocycles. The first-order chi connectivity index (χ1) is 12.0. The summed E-state index contributed by atoms with van der Waals surface area (Å²) in [5, 5.41) is 13.7. The van der Waals surface area contributed by atoms with E-state index in [1.165, 1.54) is 13.3 Å². The molecule has 0 unspecified atom stereocenters. The van der Waals surface area contributed by atoms with Crippen molar-refractivity contribution in [3.05, 3.63) is 51.1 Å². The van der Waals surface area contributed by atoms with E-state index < -0.39 is 0 Å². The van der Waals surface area contributed by atoms with Gasteiger partial charge in [0.05, 0.1) is 23.5 Å². The first-order valence-electron chi connectivity index (χ1n) is 7.68. The Morgan fingerprint density at radius 3 is 2.68 bits per heavy atom. The number of ether oxygens (including phenoxy) is 2. The summed E-state index contributed by atoms with van der Waals surface area (Å²) >= 11 is 1.99. The molecule has 25 heavy (non-hydrogen) atoms. The van der Waals surface area contributed by atoms with E-state index in [2.05, 4.69) is 10.5 Å². The molecule has 0 aromatic heterocycles. The van der Waals surface area contributed by atoms with Crippen LogP contribution in [-0.4, -0.2) is 30.9 Å². The number of phenols is 1. The van der Waals surface area contributed by atoms with Crippen LogP contribution in [0, 0.1) is 3.57 Å². The van der Waals surface area contributed by atoms with Crippen LogP contribution in [0.3, 0.4) is 0 Å². The highest BCUT2D eigenvalue weighted by Crippen LogP contribution is 2.31. The van der Waals surface area contributed by atoms with E-state index in [4.69, 9.17) is 9.47 Å². The number of hydrazone groups is 1. The standard InChI is InChI=1S/C18H19IN2O4/c1-3-8-25-14-6-4-13(5-7-14)18(23)21-20-11-12-9-15(19)17(22)16(10-12)24-2/h4-7,9-11,22H,3,8H2,1-2H3,(H,21,23)/b20-11+. The lowest BCUT2D eigenvalue weighted by atomic mass is 10.2. The number of methoxy groups -OCH3 is 1. The highest BCUT2D eigenvalue weighted by Gasteiger charge is 2.08. The normalized spacial score (nSPS) is 10.7. The highest BCUT2D eigenvalue weighted by atomic mass is 127. The maximum absolute atomic E-state index is 12.1. The Hall–Kier alpha value is -2.29. The highest BCUT2D eigenvalue weighted by molar-refractivity contribution is 14.1. The fourth-order valence-corrected chi connectivity index (χ4v) is 2.60. The summed E-state index contributed by atoms with van der Waals surface area (Å²) in [6.07, 6.45) is 2.42. The van der Waals surface area contributed by atoms with Gasteiger partial charge in [-0.1, -0.05) is 6.92 Å². The zero-order valence-corrected chi connectivity index (χ0v) is 16.1. The molecule has 7 heteroatoms. The molecule has 2 aromatic carbocycles. The van der Waals surface area contributed by atoms with Crippen molar-refractivity contribution in [2.45, 2.75) is 13.3 Å².